The molecule has 0 saturated carbocycles. The van der Waals surface area contributed by atoms with Crippen LogP contribution in [0.5, 0.6) is 0 Å². The van der Waals surface area contributed by atoms with Gasteiger partial charge in [0.25, 0.3) is 0 Å². The minimum absolute atomic E-state index is 0.149. The number of hydrogen-bond acceptors (Lipinski definition) is 3. The molecule has 2 atom stereocenters. The van der Waals surface area contributed by atoms with E-state index in [0.29, 0.717) is 6.42 Å². The highest BCUT2D eigenvalue weighted by atomic mass is 16.5. The molecule has 0 radical (unpaired) electrons. The molecule has 0 spiro atoms. The number of nitrogens with one attached hydrogen (secondary N) is 1. The third-order valence-electron chi connectivity index (χ3n) is 2.27. The molecule has 5 heteroatoms. The van der Waals surface area contributed by atoms with Crippen LogP contribution < -0.4 is 5.32 Å². The average molecular weight is 201 g/mol. The van der Waals surface area contributed by atoms with Crippen LogP contribution in [0.15, 0.2) is 0 Å². The summed E-state index contributed by atoms with van der Waals surface area (Å²) in [5.74, 6) is -1.35. The summed E-state index contributed by atoms with van der Waals surface area (Å²) >= 11 is 0. The zero-order valence-electron chi connectivity index (χ0n) is 8.16. The highest BCUT2D eigenvalue weighted by Crippen LogP contribution is 2.21. The monoisotopic (exact) mass is 201 g/mol. The highest BCUT2D eigenvalue weighted by molar-refractivity contribution is 5.84. The number of hydrogen-bond donors (Lipinski definition) is 2. The zero-order chi connectivity index (χ0) is 10.6. The second kappa shape index (κ2) is 4.95. The van der Waals surface area contributed by atoms with Crippen molar-refractivity contribution in [2.45, 2.75) is 38.4 Å². The molecule has 0 aromatic rings. The molecule has 1 rings (SSSR count). The van der Waals surface area contributed by atoms with Gasteiger partial charge in [0.05, 0.1) is 6.10 Å². The molecule has 0 aromatic carbocycles. The van der Waals surface area contributed by atoms with Crippen LogP contribution in [0.4, 0.5) is 0 Å². The normalized spacial score (nSPS) is 26.1. The van der Waals surface area contributed by atoms with Crippen molar-refractivity contribution < 1.29 is 19.4 Å². The maximum absolute atomic E-state index is 11.3. The highest BCUT2D eigenvalue weighted by Gasteiger charge is 2.29. The molecular weight excluding hydrogens is 186 g/mol. The van der Waals surface area contributed by atoms with Gasteiger partial charge in [0.1, 0.15) is 12.6 Å². The molecule has 0 aromatic heterocycles. The van der Waals surface area contributed by atoms with Crippen molar-refractivity contribution in [3.8, 4) is 0 Å². The summed E-state index contributed by atoms with van der Waals surface area (Å²) in [5.41, 5.74) is 0. The van der Waals surface area contributed by atoms with Gasteiger partial charge in [0.2, 0.25) is 5.91 Å². The van der Waals surface area contributed by atoms with Crippen molar-refractivity contribution in [3.63, 3.8) is 0 Å². The average Bonchev–Trinajstić information content (AvgIpc) is 2.62. The Hall–Kier alpha value is -1.10. The van der Waals surface area contributed by atoms with Gasteiger partial charge in [-0.15, -0.1) is 0 Å². The second-order valence-corrected chi connectivity index (χ2v) is 3.34. The fourth-order valence-corrected chi connectivity index (χ4v) is 1.48. The van der Waals surface area contributed by atoms with E-state index in [1.54, 1.807) is 0 Å². The van der Waals surface area contributed by atoms with Crippen molar-refractivity contribution >= 4 is 11.9 Å². The van der Waals surface area contributed by atoms with Gasteiger partial charge in [0, 0.05) is 0 Å². The third-order valence-corrected chi connectivity index (χ3v) is 2.27. The number of aliphatic carboxylic acids is 1. The molecule has 2 N–H and O–H groups in total. The van der Waals surface area contributed by atoms with Gasteiger partial charge in [-0.1, -0.05) is 6.92 Å². The first kappa shape index (κ1) is 11.0. The second-order valence-electron chi connectivity index (χ2n) is 3.34. The zero-order valence-corrected chi connectivity index (χ0v) is 8.16. The Labute approximate surface area is 82.4 Å². The quantitative estimate of drug-likeness (QED) is 0.678. The number of carboxylic acid groups (broad SMARTS) is 1. The van der Waals surface area contributed by atoms with Crippen molar-refractivity contribution in [1.29, 1.82) is 0 Å². The van der Waals surface area contributed by atoms with Gasteiger partial charge in [0.15, 0.2) is 0 Å². The van der Waals surface area contributed by atoms with Crippen molar-refractivity contribution in [1.82, 2.24) is 5.32 Å². The lowest BCUT2D eigenvalue weighted by molar-refractivity contribution is -0.140. The van der Waals surface area contributed by atoms with Crippen LogP contribution in [-0.2, 0) is 14.3 Å². The largest absolute Gasteiger partial charge is 0.480 e. The Morgan fingerprint density at radius 1 is 1.50 bits per heavy atom. The first-order valence-electron chi connectivity index (χ1n) is 4.78. The fourth-order valence-electron chi connectivity index (χ4n) is 1.48. The topological polar surface area (TPSA) is 75.6 Å². The summed E-state index contributed by atoms with van der Waals surface area (Å²) in [4.78, 5) is 21.5. The van der Waals surface area contributed by atoms with E-state index in [4.69, 9.17) is 9.84 Å². The summed E-state index contributed by atoms with van der Waals surface area (Å²) < 4.78 is 5.40. The van der Waals surface area contributed by atoms with E-state index in [2.05, 4.69) is 5.32 Å². The third kappa shape index (κ3) is 2.99. The van der Waals surface area contributed by atoms with Gasteiger partial charge in [-0.25, -0.2) is 0 Å². The van der Waals surface area contributed by atoms with E-state index in [1.165, 1.54) is 0 Å². The van der Waals surface area contributed by atoms with Gasteiger partial charge >= 0.3 is 5.97 Å². The van der Waals surface area contributed by atoms with E-state index in [-0.39, 0.29) is 18.6 Å². The Kier molecular flexibility index (Phi) is 3.88. The van der Waals surface area contributed by atoms with E-state index in [9.17, 15) is 9.59 Å². The van der Waals surface area contributed by atoms with Gasteiger partial charge < -0.3 is 15.2 Å². The lowest BCUT2D eigenvalue weighted by atomic mass is 10.1. The number of carbonyl (C=O) groups excluding carboxylic acids is 1. The predicted molar refractivity (Wildman–Crippen MR) is 48.8 cm³/mol. The summed E-state index contributed by atoms with van der Waals surface area (Å²) in [5, 5.41) is 10.7. The van der Waals surface area contributed by atoms with Crippen LogP contribution in [0.3, 0.4) is 0 Å². The lowest BCUT2D eigenvalue weighted by Gasteiger charge is -2.11. The Bertz CT molecular complexity index is 229. The number of carboxylic acids is 1. The molecule has 80 valence electrons. The van der Waals surface area contributed by atoms with Crippen LogP contribution in [0.25, 0.3) is 0 Å². The Balaban J connectivity index is 2.28. The number of carbonyl (C=O) groups is 2. The van der Waals surface area contributed by atoms with Gasteiger partial charge in [-0.3, -0.25) is 9.59 Å². The molecular formula is C9H15NO4. The van der Waals surface area contributed by atoms with Crippen LogP contribution in [0.1, 0.15) is 26.2 Å². The van der Waals surface area contributed by atoms with Gasteiger partial charge in [-0.2, -0.15) is 0 Å². The van der Waals surface area contributed by atoms with E-state index in [1.807, 2.05) is 6.92 Å². The van der Waals surface area contributed by atoms with E-state index >= 15 is 0 Å². The standard InChI is InChI=1S/C9H15NO4/c1-2-6-3-4-7(14-6)9(13)10-5-8(11)12/h6-7H,2-5H2,1H3,(H,10,13)(H,11,12). The molecule has 14 heavy (non-hydrogen) atoms. The lowest BCUT2D eigenvalue weighted by Crippen LogP contribution is -2.37. The van der Waals surface area contributed by atoms with Crippen LogP contribution >= 0.6 is 0 Å². The number of rotatable bonds is 4. The van der Waals surface area contributed by atoms with Crippen molar-refractivity contribution in [2.24, 2.45) is 0 Å². The molecule has 1 amide bonds. The summed E-state index contributed by atoms with van der Waals surface area (Å²) in [6.07, 6.45) is 2.14. The maximum Gasteiger partial charge on any atom is 0.322 e. The Morgan fingerprint density at radius 3 is 2.71 bits per heavy atom. The molecule has 1 saturated heterocycles. The minimum Gasteiger partial charge on any atom is -0.480 e. The smallest absolute Gasteiger partial charge is 0.322 e. The Morgan fingerprint density at radius 2 is 2.21 bits per heavy atom. The van der Waals surface area contributed by atoms with Crippen molar-refractivity contribution in [3.05, 3.63) is 0 Å². The molecule has 0 bridgehead atoms. The van der Waals surface area contributed by atoms with E-state index in [0.717, 1.165) is 12.8 Å². The molecule has 1 aliphatic heterocycles. The first-order valence-corrected chi connectivity index (χ1v) is 4.78. The molecule has 0 aliphatic carbocycles. The van der Waals surface area contributed by atoms with Crippen LogP contribution in [-0.4, -0.2) is 35.7 Å². The van der Waals surface area contributed by atoms with Crippen LogP contribution in [0.2, 0.25) is 0 Å². The number of amides is 1. The summed E-state index contributed by atoms with van der Waals surface area (Å²) in [6.45, 7) is 1.66. The molecule has 1 heterocycles. The number of ether oxygens (including phenoxy) is 1. The summed E-state index contributed by atoms with van der Waals surface area (Å²) in [7, 11) is 0. The maximum atomic E-state index is 11.3. The fraction of sp³-hybridized carbons (Fsp3) is 0.778. The first-order chi connectivity index (χ1) is 6.63. The van der Waals surface area contributed by atoms with Crippen molar-refractivity contribution in [2.75, 3.05) is 6.54 Å². The molecule has 5 nitrogen and oxygen atoms in total. The minimum atomic E-state index is -1.04. The summed E-state index contributed by atoms with van der Waals surface area (Å²) in [6, 6.07) is 0. The van der Waals surface area contributed by atoms with Gasteiger partial charge in [-0.05, 0) is 19.3 Å². The SMILES string of the molecule is CCC1CCC(C(=O)NCC(=O)O)O1. The van der Waals surface area contributed by atoms with E-state index < -0.39 is 12.1 Å². The molecule has 1 aliphatic rings. The van der Waals surface area contributed by atoms with Crippen LogP contribution in [0, 0.1) is 0 Å². The predicted octanol–water partition coefficient (Wildman–Crippen LogP) is 0.145. The molecule has 2 unspecified atom stereocenters. The molecule has 1 fully saturated rings.